The van der Waals surface area contributed by atoms with Crippen molar-refractivity contribution in [2.45, 2.75) is 24.3 Å². The van der Waals surface area contributed by atoms with E-state index in [1.165, 1.54) is 0 Å². The second-order valence-electron chi connectivity index (χ2n) is 4.62. The van der Waals surface area contributed by atoms with E-state index in [-0.39, 0.29) is 12.8 Å². The van der Waals surface area contributed by atoms with Crippen LogP contribution in [0.15, 0.2) is 18.2 Å². The lowest BCUT2D eigenvalue weighted by Gasteiger charge is -2.43. The molecular formula is C12H13NO4. The lowest BCUT2D eigenvalue weighted by molar-refractivity contribution is -0.148. The molecule has 90 valence electrons. The second-order valence-corrected chi connectivity index (χ2v) is 4.62. The fraction of sp³-hybridized carbons (Fsp3) is 0.417. The lowest BCUT2D eigenvalue weighted by Crippen LogP contribution is -2.54. The Morgan fingerprint density at radius 2 is 2.06 bits per heavy atom. The number of carboxylic acid groups (broad SMARTS) is 1. The van der Waals surface area contributed by atoms with E-state index in [1.54, 1.807) is 18.2 Å². The van der Waals surface area contributed by atoms with Gasteiger partial charge in [0.15, 0.2) is 11.5 Å². The van der Waals surface area contributed by atoms with Gasteiger partial charge in [-0.15, -0.1) is 0 Å². The molecule has 3 N–H and O–H groups in total. The zero-order valence-corrected chi connectivity index (χ0v) is 9.18. The summed E-state index contributed by atoms with van der Waals surface area (Å²) in [5.41, 5.74) is 5.62. The first-order chi connectivity index (χ1) is 8.12. The molecule has 0 radical (unpaired) electrons. The molecule has 0 spiro atoms. The van der Waals surface area contributed by atoms with Crippen molar-refractivity contribution in [2.24, 2.45) is 5.73 Å². The average molecular weight is 235 g/mol. The van der Waals surface area contributed by atoms with Gasteiger partial charge in [-0.3, -0.25) is 4.79 Å². The van der Waals surface area contributed by atoms with Crippen LogP contribution in [0.3, 0.4) is 0 Å². The van der Waals surface area contributed by atoms with Crippen LogP contribution in [0.25, 0.3) is 0 Å². The number of carboxylic acids is 1. The highest BCUT2D eigenvalue weighted by Crippen LogP contribution is 2.46. The number of fused-ring (bicyclic) bond motifs is 1. The molecular weight excluding hydrogens is 222 g/mol. The van der Waals surface area contributed by atoms with Crippen LogP contribution < -0.4 is 15.2 Å². The summed E-state index contributed by atoms with van der Waals surface area (Å²) >= 11 is 0. The van der Waals surface area contributed by atoms with Crippen LogP contribution in [-0.4, -0.2) is 23.9 Å². The monoisotopic (exact) mass is 235 g/mol. The lowest BCUT2D eigenvalue weighted by atomic mass is 9.62. The quantitative estimate of drug-likeness (QED) is 0.794. The van der Waals surface area contributed by atoms with Gasteiger partial charge < -0.3 is 20.3 Å². The normalized spacial score (nSPS) is 29.8. The SMILES string of the molecule is NC1CC(C(=O)O)(c2ccc3c(c2)OCO3)C1. The summed E-state index contributed by atoms with van der Waals surface area (Å²) in [7, 11) is 0. The molecule has 1 aromatic rings. The van der Waals surface area contributed by atoms with Gasteiger partial charge in [0.1, 0.15) is 0 Å². The van der Waals surface area contributed by atoms with E-state index in [4.69, 9.17) is 15.2 Å². The maximum atomic E-state index is 11.4. The van der Waals surface area contributed by atoms with Crippen molar-refractivity contribution >= 4 is 5.97 Å². The van der Waals surface area contributed by atoms with Gasteiger partial charge >= 0.3 is 5.97 Å². The van der Waals surface area contributed by atoms with Crippen LogP contribution in [0.5, 0.6) is 11.5 Å². The van der Waals surface area contributed by atoms with Crippen molar-refractivity contribution < 1.29 is 19.4 Å². The number of hydrogen-bond acceptors (Lipinski definition) is 4. The summed E-state index contributed by atoms with van der Waals surface area (Å²) in [6, 6.07) is 5.26. The molecule has 5 heteroatoms. The Hall–Kier alpha value is -1.75. The molecule has 1 aliphatic carbocycles. The molecule has 1 aliphatic heterocycles. The third-order valence-corrected chi connectivity index (χ3v) is 3.56. The van der Waals surface area contributed by atoms with Gasteiger partial charge in [0, 0.05) is 6.04 Å². The van der Waals surface area contributed by atoms with Crippen LogP contribution in [0.4, 0.5) is 0 Å². The number of rotatable bonds is 2. The average Bonchev–Trinajstić information content (AvgIpc) is 2.70. The van der Waals surface area contributed by atoms with Gasteiger partial charge in [0.05, 0.1) is 5.41 Å². The Labute approximate surface area is 98.1 Å². The van der Waals surface area contributed by atoms with Crippen molar-refractivity contribution in [3.63, 3.8) is 0 Å². The minimum Gasteiger partial charge on any atom is -0.481 e. The van der Waals surface area contributed by atoms with Crippen molar-refractivity contribution in [3.05, 3.63) is 23.8 Å². The Kier molecular flexibility index (Phi) is 2.06. The van der Waals surface area contributed by atoms with Gasteiger partial charge in [-0.05, 0) is 30.5 Å². The molecule has 0 unspecified atom stereocenters. The second kappa shape index (κ2) is 3.37. The molecule has 1 heterocycles. The van der Waals surface area contributed by atoms with Gasteiger partial charge in [-0.2, -0.15) is 0 Å². The Morgan fingerprint density at radius 1 is 1.35 bits per heavy atom. The van der Waals surface area contributed by atoms with E-state index in [1.807, 2.05) is 0 Å². The van der Waals surface area contributed by atoms with Gasteiger partial charge in [-0.25, -0.2) is 0 Å². The molecule has 0 saturated heterocycles. The van der Waals surface area contributed by atoms with Crippen LogP contribution in [0.2, 0.25) is 0 Å². The summed E-state index contributed by atoms with van der Waals surface area (Å²) in [6.07, 6.45) is 0.948. The van der Waals surface area contributed by atoms with Crippen molar-refractivity contribution in [3.8, 4) is 11.5 Å². The molecule has 0 bridgehead atoms. The van der Waals surface area contributed by atoms with Crippen molar-refractivity contribution in [1.82, 2.24) is 0 Å². The summed E-state index contributed by atoms with van der Waals surface area (Å²) in [5.74, 6) is 0.458. The zero-order valence-electron chi connectivity index (χ0n) is 9.18. The molecule has 2 aliphatic rings. The number of benzene rings is 1. The zero-order chi connectivity index (χ0) is 12.0. The van der Waals surface area contributed by atoms with E-state index in [9.17, 15) is 9.90 Å². The molecule has 1 saturated carbocycles. The molecule has 0 aromatic heterocycles. The standard InChI is InChI=1S/C12H13NO4/c13-8-4-12(5-8,11(14)15)7-1-2-9-10(3-7)17-6-16-9/h1-3,8H,4-6,13H2,(H,14,15). The van der Waals surface area contributed by atoms with Gasteiger partial charge in [0.2, 0.25) is 6.79 Å². The number of aliphatic carboxylic acids is 1. The van der Waals surface area contributed by atoms with E-state index in [0.29, 0.717) is 24.3 Å². The first kappa shape index (κ1) is 10.4. The largest absolute Gasteiger partial charge is 0.481 e. The predicted octanol–water partition coefficient (Wildman–Crippen LogP) is 0.859. The Morgan fingerprint density at radius 3 is 2.71 bits per heavy atom. The Balaban J connectivity index is 2.00. The summed E-state index contributed by atoms with van der Waals surface area (Å²) in [5, 5.41) is 9.38. The van der Waals surface area contributed by atoms with E-state index in [2.05, 4.69) is 0 Å². The smallest absolute Gasteiger partial charge is 0.314 e. The minimum absolute atomic E-state index is 0.0310. The van der Waals surface area contributed by atoms with Crippen molar-refractivity contribution in [2.75, 3.05) is 6.79 Å². The molecule has 17 heavy (non-hydrogen) atoms. The fourth-order valence-corrected chi connectivity index (χ4v) is 2.56. The number of ether oxygens (including phenoxy) is 2. The topological polar surface area (TPSA) is 81.8 Å². The van der Waals surface area contributed by atoms with Gasteiger partial charge in [0.25, 0.3) is 0 Å². The van der Waals surface area contributed by atoms with Crippen LogP contribution in [-0.2, 0) is 10.2 Å². The highest BCUT2D eigenvalue weighted by Gasteiger charge is 2.50. The molecule has 5 nitrogen and oxygen atoms in total. The predicted molar refractivity (Wildman–Crippen MR) is 59.1 cm³/mol. The third kappa shape index (κ3) is 1.39. The number of nitrogens with two attached hydrogens (primary N) is 1. The molecule has 0 amide bonds. The van der Waals surface area contributed by atoms with Gasteiger partial charge in [-0.1, -0.05) is 6.07 Å². The summed E-state index contributed by atoms with van der Waals surface area (Å²) in [4.78, 5) is 11.4. The van der Waals surface area contributed by atoms with Crippen LogP contribution in [0, 0.1) is 0 Å². The Bertz CT molecular complexity index is 479. The van der Waals surface area contributed by atoms with Crippen molar-refractivity contribution in [1.29, 1.82) is 0 Å². The highest BCUT2D eigenvalue weighted by molar-refractivity contribution is 5.83. The summed E-state index contributed by atoms with van der Waals surface area (Å²) in [6.45, 7) is 0.193. The maximum absolute atomic E-state index is 11.4. The molecule has 0 atom stereocenters. The van der Waals surface area contributed by atoms with E-state index < -0.39 is 11.4 Å². The molecule has 1 aromatic carbocycles. The fourth-order valence-electron chi connectivity index (χ4n) is 2.56. The minimum atomic E-state index is -0.847. The van der Waals surface area contributed by atoms with E-state index >= 15 is 0 Å². The first-order valence-electron chi connectivity index (χ1n) is 5.51. The van der Waals surface area contributed by atoms with Crippen LogP contribution >= 0.6 is 0 Å². The van der Waals surface area contributed by atoms with E-state index in [0.717, 1.165) is 5.56 Å². The number of hydrogen-bond donors (Lipinski definition) is 2. The maximum Gasteiger partial charge on any atom is 0.314 e. The molecule has 3 rings (SSSR count). The molecule has 1 fully saturated rings. The highest BCUT2D eigenvalue weighted by atomic mass is 16.7. The first-order valence-corrected chi connectivity index (χ1v) is 5.51. The third-order valence-electron chi connectivity index (χ3n) is 3.56. The van der Waals surface area contributed by atoms with Crippen LogP contribution in [0.1, 0.15) is 18.4 Å². The number of carbonyl (C=O) groups is 1. The summed E-state index contributed by atoms with van der Waals surface area (Å²) < 4.78 is 10.5.